The summed E-state index contributed by atoms with van der Waals surface area (Å²) < 4.78 is 38.9. The molecule has 3 rings (SSSR count). The lowest BCUT2D eigenvalue weighted by Crippen LogP contribution is -2.13. The van der Waals surface area contributed by atoms with Crippen LogP contribution in [-0.2, 0) is 30.5 Å². The Kier molecular flexibility index (Phi) is 7.94. The Hall–Kier alpha value is -2.13. The van der Waals surface area contributed by atoms with Gasteiger partial charge in [0.1, 0.15) is 15.5 Å². The molecule has 0 saturated carbocycles. The maximum absolute atomic E-state index is 13.7. The molecule has 0 radical (unpaired) electrons. The molecule has 0 amide bonds. The van der Waals surface area contributed by atoms with Crippen molar-refractivity contribution in [3.8, 4) is 0 Å². The standard InChI is InChI=1S/C23H27NO5S2/c1-5-13-28-30(26)22-19-9-7-8-12-24(19)20(23(22)31(27)29-14-6-2)21(25)18-11-10-16(3)15-17(18)4/h7-12,15H,5-6,13-14H2,1-4H3. The highest BCUT2D eigenvalue weighted by atomic mass is 32.2. The number of rotatable bonds is 10. The zero-order chi connectivity index (χ0) is 22.5. The lowest BCUT2D eigenvalue weighted by molar-refractivity contribution is 0.102. The number of benzene rings is 1. The number of pyridine rings is 1. The van der Waals surface area contributed by atoms with Crippen molar-refractivity contribution in [2.75, 3.05) is 13.2 Å². The van der Waals surface area contributed by atoms with Gasteiger partial charge in [-0.2, -0.15) is 0 Å². The first kappa shape index (κ1) is 23.5. The monoisotopic (exact) mass is 461 g/mol. The van der Waals surface area contributed by atoms with E-state index in [-0.39, 0.29) is 34.5 Å². The summed E-state index contributed by atoms with van der Waals surface area (Å²) in [6.07, 6.45) is 3.04. The van der Waals surface area contributed by atoms with E-state index in [9.17, 15) is 13.2 Å². The van der Waals surface area contributed by atoms with Crippen LogP contribution in [0.5, 0.6) is 0 Å². The van der Waals surface area contributed by atoms with Crippen LogP contribution in [0.25, 0.3) is 5.52 Å². The summed E-state index contributed by atoms with van der Waals surface area (Å²) in [7, 11) is 0. The van der Waals surface area contributed by atoms with E-state index in [1.165, 1.54) is 0 Å². The van der Waals surface area contributed by atoms with Gasteiger partial charge in [0.15, 0.2) is 22.2 Å². The summed E-state index contributed by atoms with van der Waals surface area (Å²) in [6, 6.07) is 10.8. The summed E-state index contributed by atoms with van der Waals surface area (Å²) in [5.74, 6) is -0.305. The van der Waals surface area contributed by atoms with Gasteiger partial charge in [0.25, 0.3) is 0 Å². The van der Waals surface area contributed by atoms with Crippen molar-refractivity contribution in [2.24, 2.45) is 0 Å². The molecule has 0 saturated heterocycles. The minimum atomic E-state index is -1.99. The van der Waals surface area contributed by atoms with Gasteiger partial charge in [0.2, 0.25) is 5.78 Å². The van der Waals surface area contributed by atoms with E-state index in [2.05, 4.69) is 0 Å². The number of carbonyl (C=O) groups excluding carboxylic acids is 1. The molecule has 0 aliphatic heterocycles. The van der Waals surface area contributed by atoms with Crippen molar-refractivity contribution in [1.29, 1.82) is 0 Å². The Morgan fingerprint density at radius 1 is 0.935 bits per heavy atom. The molecule has 0 fully saturated rings. The van der Waals surface area contributed by atoms with Gasteiger partial charge in [0.05, 0.1) is 18.7 Å². The number of hydrogen-bond donors (Lipinski definition) is 0. The van der Waals surface area contributed by atoms with E-state index in [1.54, 1.807) is 34.9 Å². The number of nitrogens with zero attached hydrogens (tertiary/aromatic N) is 1. The Morgan fingerprint density at radius 2 is 1.58 bits per heavy atom. The second-order valence-electron chi connectivity index (χ2n) is 7.22. The average molecular weight is 462 g/mol. The third-order valence-electron chi connectivity index (χ3n) is 4.72. The molecule has 2 atom stereocenters. The quantitative estimate of drug-likeness (QED) is 0.410. The molecule has 0 spiro atoms. The van der Waals surface area contributed by atoms with E-state index >= 15 is 0 Å². The van der Waals surface area contributed by atoms with E-state index in [1.807, 2.05) is 39.8 Å². The van der Waals surface area contributed by atoms with Crippen molar-refractivity contribution >= 4 is 33.5 Å². The average Bonchev–Trinajstić information content (AvgIpc) is 3.10. The Labute approximate surface area is 187 Å². The van der Waals surface area contributed by atoms with Crippen LogP contribution >= 0.6 is 0 Å². The highest BCUT2D eigenvalue weighted by Gasteiger charge is 2.32. The summed E-state index contributed by atoms with van der Waals surface area (Å²) >= 11 is -3.89. The third kappa shape index (κ3) is 4.87. The predicted octanol–water partition coefficient (Wildman–Crippen LogP) is 4.69. The van der Waals surface area contributed by atoms with Gasteiger partial charge < -0.3 is 4.40 Å². The van der Waals surface area contributed by atoms with Crippen LogP contribution in [0.15, 0.2) is 52.4 Å². The van der Waals surface area contributed by atoms with Crippen molar-refractivity contribution in [2.45, 2.75) is 50.3 Å². The van der Waals surface area contributed by atoms with Crippen LogP contribution in [-0.4, -0.2) is 31.8 Å². The molecule has 2 heterocycles. The highest BCUT2D eigenvalue weighted by Crippen LogP contribution is 2.33. The van der Waals surface area contributed by atoms with Gasteiger partial charge >= 0.3 is 0 Å². The van der Waals surface area contributed by atoms with Gasteiger partial charge in [-0.1, -0.05) is 43.7 Å². The molecule has 0 aliphatic carbocycles. The normalized spacial score (nSPS) is 13.4. The Balaban J connectivity index is 2.29. The first-order chi connectivity index (χ1) is 14.9. The van der Waals surface area contributed by atoms with E-state index in [0.29, 0.717) is 23.9 Å². The molecular weight excluding hydrogens is 434 g/mol. The van der Waals surface area contributed by atoms with E-state index in [4.69, 9.17) is 8.37 Å². The van der Waals surface area contributed by atoms with Crippen molar-refractivity contribution < 1.29 is 21.6 Å². The molecule has 3 aromatic rings. The topological polar surface area (TPSA) is 74.1 Å². The smallest absolute Gasteiger partial charge is 0.211 e. The SMILES string of the molecule is CCCOS(=O)c1c(S(=O)OCCC)c2ccccn2c1C(=O)c1ccc(C)cc1C. The van der Waals surface area contributed by atoms with Gasteiger partial charge in [0, 0.05) is 11.8 Å². The summed E-state index contributed by atoms with van der Waals surface area (Å²) in [5.41, 5.74) is 3.04. The van der Waals surface area contributed by atoms with Crippen molar-refractivity contribution in [1.82, 2.24) is 4.40 Å². The maximum Gasteiger partial charge on any atom is 0.211 e. The molecule has 6 nitrogen and oxygen atoms in total. The number of ketones is 1. The molecule has 166 valence electrons. The fourth-order valence-corrected chi connectivity index (χ4v) is 5.79. The molecule has 2 unspecified atom stereocenters. The first-order valence-electron chi connectivity index (χ1n) is 10.3. The molecule has 1 aromatic carbocycles. The van der Waals surface area contributed by atoms with Crippen molar-refractivity contribution in [3.05, 3.63) is 65.0 Å². The molecule has 0 bridgehead atoms. The van der Waals surface area contributed by atoms with Gasteiger partial charge in [-0.25, -0.2) is 8.42 Å². The number of fused-ring (bicyclic) bond motifs is 1. The van der Waals surface area contributed by atoms with E-state index < -0.39 is 22.2 Å². The largest absolute Gasteiger partial charge is 0.311 e. The molecule has 31 heavy (non-hydrogen) atoms. The number of carbonyl (C=O) groups is 1. The lowest BCUT2D eigenvalue weighted by Gasteiger charge is -2.10. The molecule has 0 N–H and O–H groups in total. The van der Waals surface area contributed by atoms with Crippen molar-refractivity contribution in [3.63, 3.8) is 0 Å². The number of aromatic nitrogens is 1. The summed E-state index contributed by atoms with van der Waals surface area (Å²) in [4.78, 5) is 14.0. The molecule has 8 heteroatoms. The Morgan fingerprint density at radius 3 is 2.19 bits per heavy atom. The summed E-state index contributed by atoms with van der Waals surface area (Å²) in [5, 5.41) is 0. The molecular formula is C23H27NO5S2. The molecule has 2 aromatic heterocycles. The number of aryl methyl sites for hydroxylation is 2. The van der Waals surface area contributed by atoms with Crippen LogP contribution in [0.4, 0.5) is 0 Å². The first-order valence-corrected chi connectivity index (χ1v) is 12.4. The van der Waals surface area contributed by atoms with Gasteiger partial charge in [-0.15, -0.1) is 0 Å². The highest BCUT2D eigenvalue weighted by molar-refractivity contribution is 7.83. The zero-order valence-corrected chi connectivity index (χ0v) is 19.8. The second kappa shape index (κ2) is 10.5. The van der Waals surface area contributed by atoms with Gasteiger partial charge in [-0.3, -0.25) is 13.2 Å². The van der Waals surface area contributed by atoms with Crippen LogP contribution in [0.1, 0.15) is 53.9 Å². The number of hydrogen-bond acceptors (Lipinski definition) is 5. The minimum Gasteiger partial charge on any atom is -0.311 e. The maximum atomic E-state index is 13.7. The fourth-order valence-electron chi connectivity index (χ4n) is 3.32. The molecule has 0 aliphatic rings. The van der Waals surface area contributed by atoms with Crippen LogP contribution in [0.3, 0.4) is 0 Å². The minimum absolute atomic E-state index is 0.110. The Bertz CT molecular complexity index is 1150. The lowest BCUT2D eigenvalue weighted by atomic mass is 10.0. The van der Waals surface area contributed by atoms with Crippen LogP contribution in [0.2, 0.25) is 0 Å². The fraction of sp³-hybridized carbons (Fsp3) is 0.348. The van der Waals surface area contributed by atoms with Gasteiger partial charge in [-0.05, 0) is 44.4 Å². The second-order valence-corrected chi connectivity index (χ2v) is 9.45. The predicted molar refractivity (Wildman–Crippen MR) is 122 cm³/mol. The van der Waals surface area contributed by atoms with Crippen LogP contribution in [0, 0.1) is 13.8 Å². The van der Waals surface area contributed by atoms with Crippen LogP contribution < -0.4 is 0 Å². The van der Waals surface area contributed by atoms with E-state index in [0.717, 1.165) is 11.1 Å². The summed E-state index contributed by atoms with van der Waals surface area (Å²) in [6.45, 7) is 8.16. The zero-order valence-electron chi connectivity index (χ0n) is 18.2. The third-order valence-corrected chi connectivity index (χ3v) is 7.09.